The van der Waals surface area contributed by atoms with Crippen molar-refractivity contribution in [3.8, 4) is 0 Å². The summed E-state index contributed by atoms with van der Waals surface area (Å²) >= 11 is 3.20. The quantitative estimate of drug-likeness (QED) is 0.289. The molecule has 4 aromatic rings. The second-order valence-corrected chi connectivity index (χ2v) is 11.5. The number of ether oxygens (including phenoxy) is 1. The molecular formula is C25H27N3O4S2. The first-order valence-electron chi connectivity index (χ1n) is 12.0. The van der Waals surface area contributed by atoms with Gasteiger partial charge in [-0.05, 0) is 55.7 Å². The molecule has 9 heteroatoms. The fourth-order valence-corrected chi connectivity index (χ4v) is 7.48. The lowest BCUT2D eigenvalue weighted by molar-refractivity contribution is 0.0937. The van der Waals surface area contributed by atoms with Crippen LogP contribution in [0.1, 0.15) is 36.6 Å². The summed E-state index contributed by atoms with van der Waals surface area (Å²) < 4.78 is 14.7. The summed E-state index contributed by atoms with van der Waals surface area (Å²) in [5, 5.41) is 1.52. The molecular weight excluding hydrogens is 470 g/mol. The molecule has 6 rings (SSSR count). The van der Waals surface area contributed by atoms with Gasteiger partial charge in [0, 0.05) is 23.8 Å². The number of aromatic nitrogens is 3. The summed E-state index contributed by atoms with van der Waals surface area (Å²) in [5.41, 5.74) is 2.64. The molecule has 4 heterocycles. The van der Waals surface area contributed by atoms with Crippen LogP contribution in [0.25, 0.3) is 21.3 Å². The van der Waals surface area contributed by atoms with E-state index < -0.39 is 0 Å². The van der Waals surface area contributed by atoms with Gasteiger partial charge in [-0.1, -0.05) is 30.8 Å². The van der Waals surface area contributed by atoms with E-state index >= 15 is 0 Å². The van der Waals surface area contributed by atoms with Gasteiger partial charge < -0.3 is 9.15 Å². The maximum atomic E-state index is 13.8. The Morgan fingerprint density at radius 3 is 2.94 bits per heavy atom. The van der Waals surface area contributed by atoms with Gasteiger partial charge >= 0.3 is 5.76 Å². The SMILES string of the molecule is CC1CCc2c(sc3nc(SCCn4c(=O)oc5ccccc54)n(CC4CCCO4)c(=O)c23)C1. The van der Waals surface area contributed by atoms with Crippen molar-refractivity contribution < 1.29 is 9.15 Å². The molecule has 2 aliphatic rings. The lowest BCUT2D eigenvalue weighted by Crippen LogP contribution is -2.29. The van der Waals surface area contributed by atoms with E-state index in [9.17, 15) is 9.59 Å². The highest BCUT2D eigenvalue weighted by Crippen LogP contribution is 2.36. The van der Waals surface area contributed by atoms with E-state index in [0.717, 1.165) is 54.4 Å². The van der Waals surface area contributed by atoms with Crippen LogP contribution in [0.5, 0.6) is 0 Å². The number of hydrogen-bond acceptors (Lipinski definition) is 7. The Bertz CT molecular complexity index is 1480. The number of fused-ring (bicyclic) bond motifs is 4. The Morgan fingerprint density at radius 2 is 2.09 bits per heavy atom. The highest BCUT2D eigenvalue weighted by molar-refractivity contribution is 7.99. The fourth-order valence-electron chi connectivity index (χ4n) is 5.12. The van der Waals surface area contributed by atoms with E-state index in [-0.39, 0.29) is 17.4 Å². The average molecular weight is 498 g/mol. The molecule has 0 spiro atoms. The standard InChI is InChI=1S/C25H27N3O4S2/c1-15-8-9-17-20(13-15)34-22-21(17)23(29)28(14-16-5-4-11-31-16)24(26-22)33-12-10-27-18-6-2-3-7-19(18)32-25(27)30/h2-3,6-7,15-16H,4-5,8-14H2,1H3. The van der Waals surface area contributed by atoms with Gasteiger partial charge in [-0.25, -0.2) is 9.78 Å². The van der Waals surface area contributed by atoms with Crippen LogP contribution in [-0.4, -0.2) is 32.6 Å². The Balaban J connectivity index is 1.34. The summed E-state index contributed by atoms with van der Waals surface area (Å²) in [6.07, 6.45) is 5.14. The molecule has 2 atom stereocenters. The lowest BCUT2D eigenvalue weighted by atomic mass is 9.89. The summed E-state index contributed by atoms with van der Waals surface area (Å²) in [4.78, 5) is 33.3. The number of aryl methyl sites for hydroxylation is 2. The minimum Gasteiger partial charge on any atom is -0.408 e. The topological polar surface area (TPSA) is 79.3 Å². The van der Waals surface area contributed by atoms with Crippen molar-refractivity contribution >= 4 is 44.4 Å². The second kappa shape index (κ2) is 9.02. The number of nitrogens with zero attached hydrogens (tertiary/aromatic N) is 3. The van der Waals surface area contributed by atoms with Crippen molar-refractivity contribution in [1.82, 2.24) is 14.1 Å². The minimum absolute atomic E-state index is 0.0474. The molecule has 34 heavy (non-hydrogen) atoms. The van der Waals surface area contributed by atoms with E-state index in [1.165, 1.54) is 22.2 Å². The zero-order valence-electron chi connectivity index (χ0n) is 19.1. The average Bonchev–Trinajstić information content (AvgIpc) is 3.53. The molecule has 1 aliphatic carbocycles. The van der Waals surface area contributed by atoms with E-state index in [4.69, 9.17) is 14.1 Å². The van der Waals surface area contributed by atoms with Crippen molar-refractivity contribution in [3.63, 3.8) is 0 Å². The van der Waals surface area contributed by atoms with Crippen LogP contribution in [0.2, 0.25) is 0 Å². The first kappa shape index (κ1) is 22.1. The van der Waals surface area contributed by atoms with E-state index in [2.05, 4.69) is 6.92 Å². The Kier molecular flexibility index (Phi) is 5.87. The summed E-state index contributed by atoms with van der Waals surface area (Å²) in [7, 11) is 0. The fraction of sp³-hybridized carbons (Fsp3) is 0.480. The van der Waals surface area contributed by atoms with Gasteiger partial charge in [0.25, 0.3) is 5.56 Å². The van der Waals surface area contributed by atoms with Crippen LogP contribution in [0.4, 0.5) is 0 Å². The first-order chi connectivity index (χ1) is 16.6. The van der Waals surface area contributed by atoms with Gasteiger partial charge in [0.15, 0.2) is 10.7 Å². The van der Waals surface area contributed by atoms with Crippen molar-refractivity contribution in [3.05, 3.63) is 55.6 Å². The molecule has 0 radical (unpaired) electrons. The predicted octanol–water partition coefficient (Wildman–Crippen LogP) is 4.46. The highest BCUT2D eigenvalue weighted by Gasteiger charge is 2.26. The zero-order chi connectivity index (χ0) is 23.2. The van der Waals surface area contributed by atoms with Crippen LogP contribution in [0, 0.1) is 5.92 Å². The van der Waals surface area contributed by atoms with Crippen LogP contribution in [-0.2, 0) is 30.7 Å². The normalized spacial score (nSPS) is 20.4. The maximum Gasteiger partial charge on any atom is 0.419 e. The molecule has 7 nitrogen and oxygen atoms in total. The van der Waals surface area contributed by atoms with Gasteiger partial charge in [-0.15, -0.1) is 11.3 Å². The number of hydrogen-bond donors (Lipinski definition) is 0. The van der Waals surface area contributed by atoms with Gasteiger partial charge in [0.1, 0.15) is 4.83 Å². The van der Waals surface area contributed by atoms with Crippen molar-refractivity contribution in [1.29, 1.82) is 0 Å². The minimum atomic E-state index is -0.359. The molecule has 0 amide bonds. The molecule has 0 bridgehead atoms. The lowest BCUT2D eigenvalue weighted by Gasteiger charge is -2.18. The zero-order valence-corrected chi connectivity index (χ0v) is 20.8. The molecule has 3 aromatic heterocycles. The van der Waals surface area contributed by atoms with Crippen molar-refractivity contribution in [2.75, 3.05) is 12.4 Å². The monoisotopic (exact) mass is 497 g/mol. The highest BCUT2D eigenvalue weighted by atomic mass is 32.2. The molecule has 0 N–H and O–H groups in total. The molecule has 0 saturated carbocycles. The van der Waals surface area contributed by atoms with Gasteiger partial charge in [-0.2, -0.15) is 0 Å². The third-order valence-electron chi connectivity index (χ3n) is 6.91. The molecule has 2 unspecified atom stereocenters. The molecule has 1 aliphatic heterocycles. The van der Waals surface area contributed by atoms with Crippen molar-refractivity contribution in [2.45, 2.75) is 63.4 Å². The second-order valence-electron chi connectivity index (χ2n) is 9.31. The Hall–Kier alpha value is -2.36. The van der Waals surface area contributed by atoms with E-state index in [1.807, 2.05) is 22.8 Å². The smallest absolute Gasteiger partial charge is 0.408 e. The summed E-state index contributed by atoms with van der Waals surface area (Å²) in [5.74, 6) is 0.892. The van der Waals surface area contributed by atoms with Gasteiger partial charge in [0.2, 0.25) is 0 Å². The summed E-state index contributed by atoms with van der Waals surface area (Å²) in [6.45, 7) is 4.03. The van der Waals surface area contributed by atoms with E-state index in [0.29, 0.717) is 35.5 Å². The van der Waals surface area contributed by atoms with Crippen LogP contribution < -0.4 is 11.3 Å². The first-order valence-corrected chi connectivity index (χ1v) is 13.8. The number of thioether (sulfide) groups is 1. The maximum absolute atomic E-state index is 13.8. The largest absolute Gasteiger partial charge is 0.419 e. The van der Waals surface area contributed by atoms with Crippen LogP contribution in [0.3, 0.4) is 0 Å². The van der Waals surface area contributed by atoms with Gasteiger partial charge in [-0.3, -0.25) is 13.9 Å². The number of oxazole rings is 1. The Morgan fingerprint density at radius 1 is 1.21 bits per heavy atom. The molecule has 178 valence electrons. The predicted molar refractivity (Wildman–Crippen MR) is 135 cm³/mol. The number of para-hydroxylation sites is 2. The van der Waals surface area contributed by atoms with E-state index in [1.54, 1.807) is 22.0 Å². The number of rotatable bonds is 6. The molecule has 1 saturated heterocycles. The number of thiophene rings is 1. The van der Waals surface area contributed by atoms with Crippen LogP contribution >= 0.6 is 23.1 Å². The third kappa shape index (κ3) is 3.93. The van der Waals surface area contributed by atoms with Crippen LogP contribution in [0.15, 0.2) is 43.4 Å². The Labute approximate surface area is 204 Å². The van der Waals surface area contributed by atoms with Gasteiger partial charge in [0.05, 0.1) is 23.6 Å². The number of benzene rings is 1. The summed E-state index contributed by atoms with van der Waals surface area (Å²) in [6, 6.07) is 7.44. The van der Waals surface area contributed by atoms with Crippen molar-refractivity contribution in [2.24, 2.45) is 5.92 Å². The molecule has 1 aromatic carbocycles. The third-order valence-corrected chi connectivity index (χ3v) is 9.01. The molecule has 1 fully saturated rings.